The lowest BCUT2D eigenvalue weighted by atomic mass is 10.1. The Labute approximate surface area is 123 Å². The second-order valence-corrected chi connectivity index (χ2v) is 7.12. The van der Waals surface area contributed by atoms with Crippen molar-refractivity contribution in [3.8, 4) is 0 Å². The number of sulfonamides is 1. The monoisotopic (exact) mass is 318 g/mol. The van der Waals surface area contributed by atoms with Gasteiger partial charge in [-0.1, -0.05) is 13.8 Å². The average molecular weight is 318 g/mol. The van der Waals surface area contributed by atoms with Crippen LogP contribution in [-0.4, -0.2) is 30.1 Å². The Kier molecular flexibility index (Phi) is 5.48. The molecule has 0 amide bonds. The summed E-state index contributed by atoms with van der Waals surface area (Å²) < 4.78 is 28.9. The van der Waals surface area contributed by atoms with E-state index in [1.165, 1.54) is 14.1 Å². The zero-order valence-electron chi connectivity index (χ0n) is 12.7. The van der Waals surface area contributed by atoms with Gasteiger partial charge in [-0.3, -0.25) is 9.36 Å². The lowest BCUT2D eigenvalue weighted by Gasteiger charge is -2.19. The Bertz CT molecular complexity index is 718. The predicted octanol–water partition coefficient (Wildman–Crippen LogP) is -1.26. The number of hydrogen-bond donors (Lipinski definition) is 2. The molecule has 1 unspecified atom stereocenters. The van der Waals surface area contributed by atoms with E-state index >= 15 is 0 Å². The first-order chi connectivity index (χ1) is 9.60. The predicted molar refractivity (Wildman–Crippen MR) is 79.5 cm³/mol. The SMILES string of the molecule is CC(C)CC(CN)NS(=O)(=O)c1cn(C)c(=O)n(C)c1=O. The molecule has 21 heavy (non-hydrogen) atoms. The Hall–Kier alpha value is -1.45. The van der Waals surface area contributed by atoms with Crippen LogP contribution in [0.4, 0.5) is 0 Å². The van der Waals surface area contributed by atoms with Crippen molar-refractivity contribution in [1.82, 2.24) is 13.9 Å². The first-order valence-electron chi connectivity index (χ1n) is 6.59. The topological polar surface area (TPSA) is 116 Å². The van der Waals surface area contributed by atoms with Gasteiger partial charge in [-0.15, -0.1) is 0 Å². The zero-order chi connectivity index (χ0) is 16.4. The maximum atomic E-state index is 12.3. The van der Waals surface area contributed by atoms with Crippen LogP contribution in [-0.2, 0) is 24.1 Å². The highest BCUT2D eigenvalue weighted by atomic mass is 32.2. The summed E-state index contributed by atoms with van der Waals surface area (Å²) in [6.45, 7) is 4.02. The van der Waals surface area contributed by atoms with Crippen molar-refractivity contribution < 1.29 is 8.42 Å². The Morgan fingerprint density at radius 3 is 2.33 bits per heavy atom. The average Bonchev–Trinajstić information content (AvgIpc) is 2.38. The number of nitrogens with two attached hydrogens (primary N) is 1. The first-order valence-corrected chi connectivity index (χ1v) is 8.07. The van der Waals surface area contributed by atoms with Crippen molar-refractivity contribution in [2.45, 2.75) is 31.2 Å². The fraction of sp³-hybridized carbons (Fsp3) is 0.667. The van der Waals surface area contributed by atoms with Gasteiger partial charge >= 0.3 is 5.69 Å². The van der Waals surface area contributed by atoms with Crippen LogP contribution >= 0.6 is 0 Å². The second kappa shape index (κ2) is 6.54. The third kappa shape index (κ3) is 4.02. The van der Waals surface area contributed by atoms with Crippen LogP contribution in [0.2, 0.25) is 0 Å². The van der Waals surface area contributed by atoms with Gasteiger partial charge in [0.1, 0.15) is 0 Å². The van der Waals surface area contributed by atoms with E-state index < -0.39 is 32.2 Å². The summed E-state index contributed by atoms with van der Waals surface area (Å²) in [6.07, 6.45) is 1.58. The molecule has 1 aromatic heterocycles. The zero-order valence-corrected chi connectivity index (χ0v) is 13.5. The highest BCUT2D eigenvalue weighted by Crippen LogP contribution is 2.08. The summed E-state index contributed by atoms with van der Waals surface area (Å²) in [5.74, 6) is 0.254. The molecule has 9 heteroatoms. The lowest BCUT2D eigenvalue weighted by Crippen LogP contribution is -2.45. The van der Waals surface area contributed by atoms with Crippen molar-refractivity contribution in [3.63, 3.8) is 0 Å². The van der Waals surface area contributed by atoms with Crippen LogP contribution < -0.4 is 21.7 Å². The molecule has 0 aliphatic rings. The van der Waals surface area contributed by atoms with Crippen LogP contribution in [0.1, 0.15) is 20.3 Å². The maximum absolute atomic E-state index is 12.3. The van der Waals surface area contributed by atoms with E-state index in [0.717, 1.165) is 15.3 Å². The molecule has 0 saturated heterocycles. The number of nitrogens with zero attached hydrogens (tertiary/aromatic N) is 2. The molecule has 0 fully saturated rings. The van der Waals surface area contributed by atoms with Crippen LogP contribution in [0, 0.1) is 5.92 Å². The summed E-state index contributed by atoms with van der Waals surface area (Å²) in [4.78, 5) is 23.1. The van der Waals surface area contributed by atoms with Crippen LogP contribution in [0.15, 0.2) is 20.7 Å². The van der Waals surface area contributed by atoms with E-state index in [9.17, 15) is 18.0 Å². The van der Waals surface area contributed by atoms with Crippen molar-refractivity contribution in [1.29, 1.82) is 0 Å². The van der Waals surface area contributed by atoms with Crippen LogP contribution in [0.3, 0.4) is 0 Å². The van der Waals surface area contributed by atoms with Crippen molar-refractivity contribution >= 4 is 10.0 Å². The van der Waals surface area contributed by atoms with Gasteiger partial charge in [-0.05, 0) is 12.3 Å². The highest BCUT2D eigenvalue weighted by Gasteiger charge is 2.24. The Balaban J connectivity index is 3.26. The number of nitrogens with one attached hydrogen (secondary N) is 1. The molecule has 0 aromatic carbocycles. The number of aromatic nitrogens is 2. The van der Waals surface area contributed by atoms with E-state index in [0.29, 0.717) is 6.42 Å². The first kappa shape index (κ1) is 17.6. The van der Waals surface area contributed by atoms with Gasteiger partial charge in [0.25, 0.3) is 5.56 Å². The molecular formula is C12H22N4O4S. The van der Waals surface area contributed by atoms with Crippen molar-refractivity contribution in [2.24, 2.45) is 25.7 Å². The fourth-order valence-corrected chi connectivity index (χ4v) is 3.43. The Morgan fingerprint density at radius 2 is 1.86 bits per heavy atom. The highest BCUT2D eigenvalue weighted by molar-refractivity contribution is 7.89. The third-order valence-electron chi connectivity index (χ3n) is 3.07. The van der Waals surface area contributed by atoms with Gasteiger partial charge in [0, 0.05) is 32.9 Å². The fourth-order valence-electron chi connectivity index (χ4n) is 2.00. The second-order valence-electron chi connectivity index (χ2n) is 5.43. The number of aryl methyl sites for hydroxylation is 1. The molecule has 0 saturated carbocycles. The molecule has 8 nitrogen and oxygen atoms in total. The molecule has 0 radical (unpaired) electrons. The molecule has 1 aromatic rings. The normalized spacial score (nSPS) is 13.6. The van der Waals surface area contributed by atoms with E-state index in [-0.39, 0.29) is 12.5 Å². The maximum Gasteiger partial charge on any atom is 0.330 e. The van der Waals surface area contributed by atoms with Crippen LogP contribution in [0.25, 0.3) is 0 Å². The van der Waals surface area contributed by atoms with E-state index in [1.807, 2.05) is 13.8 Å². The Morgan fingerprint density at radius 1 is 1.29 bits per heavy atom. The van der Waals surface area contributed by atoms with Crippen LogP contribution in [0.5, 0.6) is 0 Å². The van der Waals surface area contributed by atoms with Gasteiger partial charge < -0.3 is 10.3 Å². The van der Waals surface area contributed by atoms with Crippen molar-refractivity contribution in [2.75, 3.05) is 6.54 Å². The summed E-state index contributed by atoms with van der Waals surface area (Å²) >= 11 is 0. The molecule has 120 valence electrons. The molecule has 1 atom stereocenters. The largest absolute Gasteiger partial charge is 0.330 e. The number of rotatable bonds is 6. The summed E-state index contributed by atoms with van der Waals surface area (Å²) in [5.41, 5.74) is 4.12. The third-order valence-corrected chi connectivity index (χ3v) is 4.57. The number of hydrogen-bond acceptors (Lipinski definition) is 5. The van der Waals surface area contributed by atoms with Gasteiger partial charge in [0.05, 0.1) is 0 Å². The molecule has 3 N–H and O–H groups in total. The van der Waals surface area contributed by atoms with E-state index in [4.69, 9.17) is 5.73 Å². The minimum atomic E-state index is -4.03. The standard InChI is InChI=1S/C12H22N4O4S/c1-8(2)5-9(6-13)14-21(19,20)10-7-15(3)12(18)16(4)11(10)17/h7-9,14H,5-6,13H2,1-4H3. The lowest BCUT2D eigenvalue weighted by molar-refractivity contribution is 0.464. The van der Waals surface area contributed by atoms with Gasteiger partial charge in [0.15, 0.2) is 4.90 Å². The van der Waals surface area contributed by atoms with Gasteiger partial charge in [-0.25, -0.2) is 17.9 Å². The summed E-state index contributed by atoms with van der Waals surface area (Å²) in [6, 6.07) is -0.461. The molecule has 1 heterocycles. The molecule has 0 spiro atoms. The molecule has 0 bridgehead atoms. The molecule has 0 aliphatic heterocycles. The summed E-state index contributed by atoms with van der Waals surface area (Å²) in [5, 5.41) is 0. The molecular weight excluding hydrogens is 296 g/mol. The summed E-state index contributed by atoms with van der Waals surface area (Å²) in [7, 11) is -1.41. The van der Waals surface area contributed by atoms with E-state index in [1.54, 1.807) is 0 Å². The van der Waals surface area contributed by atoms with Gasteiger partial charge in [-0.2, -0.15) is 0 Å². The molecule has 0 aliphatic carbocycles. The molecule has 1 rings (SSSR count). The smallest absolute Gasteiger partial charge is 0.329 e. The minimum Gasteiger partial charge on any atom is -0.329 e. The van der Waals surface area contributed by atoms with Gasteiger partial charge in [0.2, 0.25) is 10.0 Å². The quantitative estimate of drug-likeness (QED) is 0.679. The van der Waals surface area contributed by atoms with E-state index in [2.05, 4.69) is 4.72 Å². The minimum absolute atomic E-state index is 0.128. The van der Waals surface area contributed by atoms with Crippen molar-refractivity contribution in [3.05, 3.63) is 27.0 Å².